The Hall–Kier alpha value is -2.21. The van der Waals surface area contributed by atoms with Crippen LogP contribution in [0.2, 0.25) is 0 Å². The number of rotatable bonds is 4. The van der Waals surface area contributed by atoms with E-state index in [1.165, 1.54) is 36.2 Å². The van der Waals surface area contributed by atoms with Gasteiger partial charge in [0.1, 0.15) is 11.5 Å². The summed E-state index contributed by atoms with van der Waals surface area (Å²) in [6, 6.07) is 5.40. The monoisotopic (exact) mass is 278 g/mol. The van der Waals surface area contributed by atoms with Crippen LogP contribution in [0.1, 0.15) is 5.56 Å². The number of likely N-dealkylation sites (N-methyl/N-ethyl adjacent to an activating group) is 2. The van der Waals surface area contributed by atoms with Gasteiger partial charge in [-0.25, -0.2) is 4.39 Å². The molecular formula is C14H15FN2O3. The van der Waals surface area contributed by atoms with E-state index in [2.05, 4.69) is 0 Å². The lowest BCUT2D eigenvalue weighted by Gasteiger charge is -2.19. The lowest BCUT2D eigenvalue weighted by Crippen LogP contribution is -2.31. The third kappa shape index (κ3) is 2.30. The number of carbonyl (C=O) groups is 2. The molecule has 2 amide bonds. The third-order valence-corrected chi connectivity index (χ3v) is 3.21. The third-order valence-electron chi connectivity index (χ3n) is 3.21. The lowest BCUT2D eigenvalue weighted by atomic mass is 10.0. The predicted molar refractivity (Wildman–Crippen MR) is 70.8 cm³/mol. The van der Waals surface area contributed by atoms with Crippen LogP contribution in [0.5, 0.6) is 0 Å². The topological polar surface area (TPSA) is 60.9 Å². The number of amides is 2. The molecule has 6 heteroatoms. The fourth-order valence-electron chi connectivity index (χ4n) is 2.12. The van der Waals surface area contributed by atoms with Crippen molar-refractivity contribution in [3.05, 3.63) is 41.3 Å². The first-order valence-corrected chi connectivity index (χ1v) is 6.12. The van der Waals surface area contributed by atoms with Crippen molar-refractivity contribution in [2.75, 3.05) is 27.2 Å². The Kier molecular flexibility index (Phi) is 3.85. The SMILES string of the molecule is CN(CCO)C1=C(c2ccc(F)cc2)C(=O)N(C)C1=O. The molecule has 0 saturated heterocycles. The lowest BCUT2D eigenvalue weighted by molar-refractivity contribution is -0.135. The average Bonchev–Trinajstić information content (AvgIpc) is 2.64. The normalized spacial score (nSPS) is 15.3. The molecule has 2 rings (SSSR count). The fourth-order valence-corrected chi connectivity index (χ4v) is 2.12. The summed E-state index contributed by atoms with van der Waals surface area (Å²) in [6.45, 7) is 0.0920. The highest BCUT2D eigenvalue weighted by Gasteiger charge is 2.38. The van der Waals surface area contributed by atoms with Gasteiger partial charge in [-0.3, -0.25) is 14.5 Å². The first kappa shape index (κ1) is 14.2. The molecule has 1 aliphatic rings. The Morgan fingerprint density at radius 1 is 1.20 bits per heavy atom. The second kappa shape index (κ2) is 5.42. The number of hydrogen-bond acceptors (Lipinski definition) is 4. The number of imide groups is 1. The van der Waals surface area contributed by atoms with Crippen molar-refractivity contribution in [3.63, 3.8) is 0 Å². The van der Waals surface area contributed by atoms with Gasteiger partial charge >= 0.3 is 0 Å². The molecule has 1 aromatic carbocycles. The Bertz CT molecular complexity index is 581. The van der Waals surface area contributed by atoms with Crippen molar-refractivity contribution in [2.45, 2.75) is 0 Å². The number of aliphatic hydroxyl groups is 1. The maximum Gasteiger partial charge on any atom is 0.277 e. The molecule has 5 nitrogen and oxygen atoms in total. The van der Waals surface area contributed by atoms with Crippen LogP contribution in [0.3, 0.4) is 0 Å². The van der Waals surface area contributed by atoms with Gasteiger partial charge in [-0.15, -0.1) is 0 Å². The maximum atomic E-state index is 13.0. The molecule has 20 heavy (non-hydrogen) atoms. The standard InChI is InChI=1S/C14H15FN2O3/c1-16(7-8-18)12-11(13(19)17(2)14(12)20)9-3-5-10(15)6-4-9/h3-6,18H,7-8H2,1-2H3. The van der Waals surface area contributed by atoms with Crippen molar-refractivity contribution in [2.24, 2.45) is 0 Å². The molecule has 0 bridgehead atoms. The van der Waals surface area contributed by atoms with Crippen molar-refractivity contribution in [3.8, 4) is 0 Å². The average molecular weight is 278 g/mol. The van der Waals surface area contributed by atoms with Crippen molar-refractivity contribution < 1.29 is 19.1 Å². The zero-order valence-electron chi connectivity index (χ0n) is 11.3. The summed E-state index contributed by atoms with van der Waals surface area (Å²) < 4.78 is 13.0. The molecule has 0 fully saturated rings. The van der Waals surface area contributed by atoms with E-state index in [9.17, 15) is 14.0 Å². The molecule has 0 saturated carbocycles. The Morgan fingerprint density at radius 3 is 2.35 bits per heavy atom. The first-order valence-electron chi connectivity index (χ1n) is 6.12. The van der Waals surface area contributed by atoms with Gasteiger partial charge in [0.2, 0.25) is 0 Å². The Labute approximate surface area is 115 Å². The summed E-state index contributed by atoms with van der Waals surface area (Å²) in [4.78, 5) is 26.9. The quantitative estimate of drug-likeness (QED) is 0.813. The Balaban J connectivity index is 2.54. The minimum absolute atomic E-state index is 0.137. The van der Waals surface area contributed by atoms with Gasteiger partial charge in [0.05, 0.1) is 12.2 Å². The molecule has 1 aliphatic heterocycles. The van der Waals surface area contributed by atoms with Crippen LogP contribution >= 0.6 is 0 Å². The van der Waals surface area contributed by atoms with E-state index in [0.717, 1.165) is 4.90 Å². The van der Waals surface area contributed by atoms with Gasteiger partial charge in [0.25, 0.3) is 11.8 Å². The largest absolute Gasteiger partial charge is 0.395 e. The van der Waals surface area contributed by atoms with Crippen LogP contribution in [-0.2, 0) is 9.59 Å². The van der Waals surface area contributed by atoms with Crippen LogP contribution in [0.25, 0.3) is 5.57 Å². The minimum Gasteiger partial charge on any atom is -0.395 e. The molecule has 0 unspecified atom stereocenters. The van der Waals surface area contributed by atoms with E-state index in [1.807, 2.05) is 0 Å². The number of halogens is 1. The van der Waals surface area contributed by atoms with Gasteiger partial charge in [-0.1, -0.05) is 12.1 Å². The number of hydrogen-bond donors (Lipinski definition) is 1. The van der Waals surface area contributed by atoms with Crippen LogP contribution in [0.4, 0.5) is 4.39 Å². The van der Waals surface area contributed by atoms with E-state index >= 15 is 0 Å². The molecule has 0 atom stereocenters. The molecule has 1 aromatic rings. The highest BCUT2D eigenvalue weighted by Crippen LogP contribution is 2.30. The molecule has 1 N–H and O–H groups in total. The summed E-state index contributed by atoms with van der Waals surface area (Å²) in [7, 11) is 3.02. The number of benzene rings is 1. The van der Waals surface area contributed by atoms with Crippen LogP contribution in [-0.4, -0.2) is 54.0 Å². The van der Waals surface area contributed by atoms with E-state index in [0.29, 0.717) is 5.56 Å². The smallest absolute Gasteiger partial charge is 0.277 e. The second-order valence-electron chi connectivity index (χ2n) is 4.54. The molecule has 106 valence electrons. The molecule has 0 aromatic heterocycles. The van der Waals surface area contributed by atoms with Crippen LogP contribution < -0.4 is 0 Å². The van der Waals surface area contributed by atoms with Crippen molar-refractivity contribution in [1.29, 1.82) is 0 Å². The zero-order chi connectivity index (χ0) is 14.9. The van der Waals surface area contributed by atoms with Gasteiger partial charge in [-0.05, 0) is 17.7 Å². The van der Waals surface area contributed by atoms with E-state index in [4.69, 9.17) is 5.11 Å². The fraction of sp³-hybridized carbons (Fsp3) is 0.286. The highest BCUT2D eigenvalue weighted by atomic mass is 19.1. The van der Waals surface area contributed by atoms with Gasteiger partial charge < -0.3 is 10.0 Å². The first-order chi connectivity index (χ1) is 9.47. The minimum atomic E-state index is -0.429. The summed E-state index contributed by atoms with van der Waals surface area (Å²) in [5.74, 6) is -1.27. The molecule has 1 heterocycles. The number of carbonyl (C=O) groups excluding carboxylic acids is 2. The Morgan fingerprint density at radius 2 is 1.80 bits per heavy atom. The molecule has 0 spiro atoms. The highest BCUT2D eigenvalue weighted by molar-refractivity contribution is 6.35. The molecule has 0 radical (unpaired) electrons. The van der Waals surface area contributed by atoms with Crippen LogP contribution in [0, 0.1) is 5.82 Å². The van der Waals surface area contributed by atoms with E-state index in [-0.39, 0.29) is 24.4 Å². The summed E-state index contributed by atoms with van der Waals surface area (Å²) in [5.41, 5.74) is 0.931. The van der Waals surface area contributed by atoms with E-state index in [1.54, 1.807) is 7.05 Å². The maximum absolute atomic E-state index is 13.0. The van der Waals surface area contributed by atoms with Crippen molar-refractivity contribution in [1.82, 2.24) is 9.80 Å². The van der Waals surface area contributed by atoms with E-state index < -0.39 is 17.6 Å². The van der Waals surface area contributed by atoms with Gasteiger partial charge in [0, 0.05) is 20.6 Å². The summed E-state index contributed by atoms with van der Waals surface area (Å²) >= 11 is 0. The number of nitrogens with zero attached hydrogens (tertiary/aromatic N) is 2. The molecule has 0 aliphatic carbocycles. The number of aliphatic hydroxyl groups excluding tert-OH is 1. The summed E-state index contributed by atoms with van der Waals surface area (Å²) in [6.07, 6.45) is 0. The molecular weight excluding hydrogens is 263 g/mol. The van der Waals surface area contributed by atoms with Crippen LogP contribution in [0.15, 0.2) is 30.0 Å². The van der Waals surface area contributed by atoms with Gasteiger partial charge in [-0.2, -0.15) is 0 Å². The zero-order valence-corrected chi connectivity index (χ0v) is 11.3. The predicted octanol–water partition coefficient (Wildman–Crippen LogP) is 0.459. The van der Waals surface area contributed by atoms with Gasteiger partial charge in [0.15, 0.2) is 0 Å². The summed E-state index contributed by atoms with van der Waals surface area (Å²) in [5, 5.41) is 8.98. The second-order valence-corrected chi connectivity index (χ2v) is 4.54. The van der Waals surface area contributed by atoms with Crippen molar-refractivity contribution >= 4 is 17.4 Å².